The highest BCUT2D eigenvalue weighted by Crippen LogP contribution is 2.40. The minimum absolute atomic E-state index is 0.287. The molecule has 1 aliphatic carbocycles. The standard InChI is InChI=1S/C16H30N2O/c1-16(2,3)14-6-4-13(5-7-14)15(19)18-9-8-12(10-17)11-18/h12-14H,4-11,17H2,1-3H3. The third-order valence-corrected chi connectivity index (χ3v) is 5.23. The van der Waals surface area contributed by atoms with Crippen molar-refractivity contribution in [2.24, 2.45) is 28.9 Å². The SMILES string of the molecule is CC(C)(C)C1CCC(C(=O)N2CCC(CN)C2)CC1. The fraction of sp³-hybridized carbons (Fsp3) is 0.938. The molecule has 0 aromatic rings. The van der Waals surface area contributed by atoms with Gasteiger partial charge in [0.15, 0.2) is 0 Å². The van der Waals surface area contributed by atoms with Crippen LogP contribution in [0.3, 0.4) is 0 Å². The Bertz CT molecular complexity index is 313. The Balaban J connectivity index is 1.83. The molecule has 1 aliphatic heterocycles. The van der Waals surface area contributed by atoms with Crippen LogP contribution in [0.2, 0.25) is 0 Å². The number of carbonyl (C=O) groups is 1. The van der Waals surface area contributed by atoms with Crippen molar-refractivity contribution in [3.8, 4) is 0 Å². The Morgan fingerprint density at radius 3 is 2.26 bits per heavy atom. The van der Waals surface area contributed by atoms with E-state index in [-0.39, 0.29) is 5.92 Å². The number of hydrogen-bond acceptors (Lipinski definition) is 2. The number of rotatable bonds is 2. The lowest BCUT2D eigenvalue weighted by Gasteiger charge is -2.37. The maximum Gasteiger partial charge on any atom is 0.225 e. The van der Waals surface area contributed by atoms with Crippen LogP contribution in [0.15, 0.2) is 0 Å². The van der Waals surface area contributed by atoms with Gasteiger partial charge in [0.05, 0.1) is 0 Å². The van der Waals surface area contributed by atoms with Crippen LogP contribution in [-0.2, 0) is 4.79 Å². The predicted molar refractivity (Wildman–Crippen MR) is 78.6 cm³/mol. The zero-order valence-electron chi connectivity index (χ0n) is 12.8. The Morgan fingerprint density at radius 2 is 1.79 bits per heavy atom. The van der Waals surface area contributed by atoms with Crippen LogP contribution < -0.4 is 5.73 Å². The van der Waals surface area contributed by atoms with Crippen LogP contribution in [0.4, 0.5) is 0 Å². The van der Waals surface area contributed by atoms with Gasteiger partial charge in [0.1, 0.15) is 0 Å². The monoisotopic (exact) mass is 266 g/mol. The van der Waals surface area contributed by atoms with E-state index in [2.05, 4.69) is 25.7 Å². The summed E-state index contributed by atoms with van der Waals surface area (Å²) in [7, 11) is 0. The second-order valence-electron chi connectivity index (χ2n) is 7.59. The molecule has 1 amide bonds. The van der Waals surface area contributed by atoms with Gasteiger partial charge < -0.3 is 10.6 Å². The lowest BCUT2D eigenvalue weighted by atomic mass is 9.69. The normalized spacial score (nSPS) is 32.6. The van der Waals surface area contributed by atoms with Crippen LogP contribution in [0.25, 0.3) is 0 Å². The molecule has 2 rings (SSSR count). The van der Waals surface area contributed by atoms with Crippen LogP contribution in [0, 0.1) is 23.2 Å². The zero-order valence-corrected chi connectivity index (χ0v) is 12.8. The van der Waals surface area contributed by atoms with Crippen molar-refractivity contribution in [1.82, 2.24) is 4.90 Å². The summed E-state index contributed by atoms with van der Waals surface area (Å²) in [6.07, 6.45) is 5.71. The molecule has 0 bridgehead atoms. The minimum Gasteiger partial charge on any atom is -0.342 e. The summed E-state index contributed by atoms with van der Waals surface area (Å²) >= 11 is 0. The molecule has 0 radical (unpaired) electrons. The summed E-state index contributed by atoms with van der Waals surface area (Å²) in [5.74, 6) is 2.01. The maximum absolute atomic E-state index is 12.5. The number of nitrogens with two attached hydrogens (primary N) is 1. The van der Waals surface area contributed by atoms with E-state index >= 15 is 0 Å². The van der Waals surface area contributed by atoms with Gasteiger partial charge in [0, 0.05) is 19.0 Å². The summed E-state index contributed by atoms with van der Waals surface area (Å²) < 4.78 is 0. The fourth-order valence-corrected chi connectivity index (χ4v) is 3.69. The van der Waals surface area contributed by atoms with Gasteiger partial charge in [-0.3, -0.25) is 4.79 Å². The summed E-state index contributed by atoms with van der Waals surface area (Å²) in [6.45, 7) is 9.53. The number of carbonyl (C=O) groups excluding carboxylic acids is 1. The van der Waals surface area contributed by atoms with Crippen LogP contribution in [0.5, 0.6) is 0 Å². The lowest BCUT2D eigenvalue weighted by Crippen LogP contribution is -2.38. The zero-order chi connectivity index (χ0) is 14.0. The molecule has 2 N–H and O–H groups in total. The molecule has 0 spiro atoms. The second kappa shape index (κ2) is 5.82. The lowest BCUT2D eigenvalue weighted by molar-refractivity contribution is -0.136. The van der Waals surface area contributed by atoms with Crippen LogP contribution in [-0.4, -0.2) is 30.4 Å². The van der Waals surface area contributed by atoms with Gasteiger partial charge in [0.25, 0.3) is 0 Å². The second-order valence-corrected chi connectivity index (χ2v) is 7.59. The molecule has 1 saturated heterocycles. The highest BCUT2D eigenvalue weighted by Gasteiger charge is 2.35. The van der Waals surface area contributed by atoms with E-state index in [0.29, 0.717) is 17.2 Å². The van der Waals surface area contributed by atoms with Crippen molar-refractivity contribution in [2.75, 3.05) is 19.6 Å². The average molecular weight is 266 g/mol. The summed E-state index contributed by atoms with van der Waals surface area (Å²) in [6, 6.07) is 0. The van der Waals surface area contributed by atoms with E-state index in [1.54, 1.807) is 0 Å². The van der Waals surface area contributed by atoms with E-state index in [0.717, 1.165) is 44.8 Å². The molecule has 2 aliphatic rings. The molecule has 1 heterocycles. The Kier molecular flexibility index (Phi) is 4.54. The summed E-state index contributed by atoms with van der Waals surface area (Å²) in [5.41, 5.74) is 6.10. The van der Waals surface area contributed by atoms with Crippen LogP contribution in [0.1, 0.15) is 52.9 Å². The summed E-state index contributed by atoms with van der Waals surface area (Å²) in [4.78, 5) is 14.6. The molecule has 1 unspecified atom stereocenters. The first-order valence-electron chi connectivity index (χ1n) is 7.90. The molecule has 110 valence electrons. The van der Waals surface area contributed by atoms with Gasteiger partial charge >= 0.3 is 0 Å². The average Bonchev–Trinajstić information content (AvgIpc) is 2.86. The Labute approximate surface area is 117 Å². The molecule has 1 atom stereocenters. The van der Waals surface area contributed by atoms with Crippen molar-refractivity contribution in [2.45, 2.75) is 52.9 Å². The Hall–Kier alpha value is -0.570. The van der Waals surface area contributed by atoms with E-state index < -0.39 is 0 Å². The fourth-order valence-electron chi connectivity index (χ4n) is 3.69. The summed E-state index contributed by atoms with van der Waals surface area (Å²) in [5, 5.41) is 0. The molecular weight excluding hydrogens is 236 g/mol. The van der Waals surface area contributed by atoms with Gasteiger partial charge in [-0.1, -0.05) is 20.8 Å². The third kappa shape index (κ3) is 3.50. The van der Waals surface area contributed by atoms with Crippen molar-refractivity contribution < 1.29 is 4.79 Å². The topological polar surface area (TPSA) is 46.3 Å². The largest absolute Gasteiger partial charge is 0.342 e. The minimum atomic E-state index is 0.287. The predicted octanol–water partition coefficient (Wildman–Crippen LogP) is 2.65. The molecule has 0 aromatic carbocycles. The van der Waals surface area contributed by atoms with E-state index in [4.69, 9.17) is 5.73 Å². The molecule has 2 fully saturated rings. The number of nitrogens with zero attached hydrogens (tertiary/aromatic N) is 1. The van der Waals surface area contributed by atoms with Crippen molar-refractivity contribution in [1.29, 1.82) is 0 Å². The van der Waals surface area contributed by atoms with Gasteiger partial charge in [-0.05, 0) is 55.9 Å². The first kappa shape index (κ1) is 14.8. The molecule has 3 heteroatoms. The molecule has 1 saturated carbocycles. The smallest absolute Gasteiger partial charge is 0.225 e. The van der Waals surface area contributed by atoms with Crippen molar-refractivity contribution in [3.63, 3.8) is 0 Å². The van der Waals surface area contributed by atoms with E-state index in [1.807, 2.05) is 0 Å². The molecule has 19 heavy (non-hydrogen) atoms. The van der Waals surface area contributed by atoms with Crippen LogP contribution >= 0.6 is 0 Å². The highest BCUT2D eigenvalue weighted by molar-refractivity contribution is 5.79. The van der Waals surface area contributed by atoms with E-state index in [1.165, 1.54) is 12.8 Å². The van der Waals surface area contributed by atoms with E-state index in [9.17, 15) is 4.79 Å². The quantitative estimate of drug-likeness (QED) is 0.835. The first-order valence-corrected chi connectivity index (χ1v) is 7.90. The molecule has 0 aromatic heterocycles. The van der Waals surface area contributed by atoms with Crippen molar-refractivity contribution >= 4 is 5.91 Å². The number of likely N-dealkylation sites (tertiary alicyclic amines) is 1. The number of hydrogen-bond donors (Lipinski definition) is 1. The van der Waals surface area contributed by atoms with Crippen molar-refractivity contribution in [3.05, 3.63) is 0 Å². The maximum atomic E-state index is 12.5. The van der Waals surface area contributed by atoms with Gasteiger partial charge in [-0.2, -0.15) is 0 Å². The highest BCUT2D eigenvalue weighted by atomic mass is 16.2. The first-order chi connectivity index (χ1) is 8.91. The Morgan fingerprint density at radius 1 is 1.16 bits per heavy atom. The van der Waals surface area contributed by atoms with Gasteiger partial charge in [-0.25, -0.2) is 0 Å². The number of amides is 1. The third-order valence-electron chi connectivity index (χ3n) is 5.23. The van der Waals surface area contributed by atoms with Gasteiger partial charge in [-0.15, -0.1) is 0 Å². The molecule has 3 nitrogen and oxygen atoms in total. The molecular formula is C16H30N2O. The van der Waals surface area contributed by atoms with Gasteiger partial charge in [0.2, 0.25) is 5.91 Å².